The highest BCUT2D eigenvalue weighted by Gasteiger charge is 2.18. The number of rotatable bonds is 4. The molecule has 1 heterocycles. The fourth-order valence-electron chi connectivity index (χ4n) is 2.39. The molecule has 5 heteroatoms. The highest BCUT2D eigenvalue weighted by molar-refractivity contribution is 5.60. The van der Waals surface area contributed by atoms with Crippen molar-refractivity contribution < 1.29 is 9.84 Å². The number of methoxy groups -OCH3 is 1. The van der Waals surface area contributed by atoms with Crippen LogP contribution in [0.1, 0.15) is 12.8 Å². The first-order valence-electron chi connectivity index (χ1n) is 6.67. The Balaban J connectivity index is 1.79. The molecule has 20 heavy (non-hydrogen) atoms. The summed E-state index contributed by atoms with van der Waals surface area (Å²) in [5.41, 5.74) is 2.95. The summed E-state index contributed by atoms with van der Waals surface area (Å²) in [5, 5.41) is 17.6. The monoisotopic (exact) mass is 271 g/mol. The molecule has 0 aliphatic heterocycles. The number of aliphatic hydroxyl groups excluding tert-OH is 1. The van der Waals surface area contributed by atoms with Crippen molar-refractivity contribution in [2.75, 3.05) is 13.7 Å². The Morgan fingerprint density at radius 2 is 2.15 bits per heavy atom. The summed E-state index contributed by atoms with van der Waals surface area (Å²) in [4.78, 5) is 0. The minimum absolute atomic E-state index is 0.222. The van der Waals surface area contributed by atoms with Gasteiger partial charge in [-0.05, 0) is 43.0 Å². The molecule has 0 fully saturated rings. The molecule has 0 spiro atoms. The van der Waals surface area contributed by atoms with E-state index < -0.39 is 0 Å². The van der Waals surface area contributed by atoms with Gasteiger partial charge in [0.25, 0.3) is 0 Å². The Labute approximate surface area is 117 Å². The topological polar surface area (TPSA) is 60.2 Å². The molecule has 1 atom stereocenters. The molecule has 2 aromatic rings. The van der Waals surface area contributed by atoms with Crippen molar-refractivity contribution in [1.29, 1.82) is 0 Å². The summed E-state index contributed by atoms with van der Waals surface area (Å²) in [5.74, 6) is 1.14. The maximum absolute atomic E-state index is 9.17. The first-order chi connectivity index (χ1) is 9.80. The lowest BCUT2D eigenvalue weighted by Gasteiger charge is -2.04. The summed E-state index contributed by atoms with van der Waals surface area (Å²) in [6.45, 7) is 0.222. The minimum Gasteiger partial charge on any atom is -0.497 e. The highest BCUT2D eigenvalue weighted by atomic mass is 16.5. The summed E-state index contributed by atoms with van der Waals surface area (Å²) in [6.07, 6.45) is 5.80. The molecule has 0 radical (unpaired) electrons. The Morgan fingerprint density at radius 1 is 1.35 bits per heavy atom. The highest BCUT2D eigenvalue weighted by Crippen LogP contribution is 2.28. The molecule has 1 aromatic carbocycles. The lowest BCUT2D eigenvalue weighted by atomic mass is 10.1. The van der Waals surface area contributed by atoms with E-state index in [-0.39, 0.29) is 6.61 Å². The number of ether oxygens (including phenoxy) is 1. The van der Waals surface area contributed by atoms with Gasteiger partial charge in [-0.15, -0.1) is 5.10 Å². The van der Waals surface area contributed by atoms with Crippen LogP contribution in [0.4, 0.5) is 0 Å². The van der Waals surface area contributed by atoms with E-state index in [1.807, 2.05) is 30.5 Å². The normalized spacial score (nSPS) is 18.1. The van der Waals surface area contributed by atoms with Crippen LogP contribution in [0.5, 0.6) is 5.75 Å². The van der Waals surface area contributed by atoms with Gasteiger partial charge in [0, 0.05) is 17.9 Å². The Hall–Kier alpha value is -2.14. The molecule has 1 aromatic heterocycles. The van der Waals surface area contributed by atoms with E-state index in [1.54, 1.807) is 11.8 Å². The predicted octanol–water partition coefficient (Wildman–Crippen LogP) is 2.20. The summed E-state index contributed by atoms with van der Waals surface area (Å²) >= 11 is 0. The summed E-state index contributed by atoms with van der Waals surface area (Å²) < 4.78 is 6.94. The van der Waals surface area contributed by atoms with Crippen LogP contribution in [0, 0.1) is 5.92 Å². The van der Waals surface area contributed by atoms with Crippen LogP contribution in [0.25, 0.3) is 17.0 Å². The van der Waals surface area contributed by atoms with Crippen LogP contribution < -0.4 is 4.74 Å². The van der Waals surface area contributed by atoms with Crippen LogP contribution >= 0.6 is 0 Å². The standard InChI is InChI=1S/C15H17N3O2/c1-20-14-6-3-12(4-7-14)15-9-18(17-16-15)13-5-2-11(8-13)10-19/h3-7,9,11,19H,2,8,10H2,1H3. The Bertz CT molecular complexity index is 616. The molecule has 5 nitrogen and oxygen atoms in total. The van der Waals surface area contributed by atoms with E-state index in [9.17, 15) is 5.11 Å². The van der Waals surface area contributed by atoms with Gasteiger partial charge in [0.2, 0.25) is 0 Å². The quantitative estimate of drug-likeness (QED) is 0.926. The van der Waals surface area contributed by atoms with Crippen LogP contribution in [0.3, 0.4) is 0 Å². The largest absolute Gasteiger partial charge is 0.497 e. The second kappa shape index (κ2) is 5.46. The van der Waals surface area contributed by atoms with Gasteiger partial charge in [-0.2, -0.15) is 0 Å². The Morgan fingerprint density at radius 3 is 2.80 bits per heavy atom. The number of hydrogen-bond donors (Lipinski definition) is 1. The van der Waals surface area contributed by atoms with Crippen molar-refractivity contribution in [1.82, 2.24) is 15.0 Å². The minimum atomic E-state index is 0.222. The van der Waals surface area contributed by atoms with Gasteiger partial charge in [-0.1, -0.05) is 11.3 Å². The van der Waals surface area contributed by atoms with Crippen molar-refractivity contribution in [2.24, 2.45) is 5.92 Å². The smallest absolute Gasteiger partial charge is 0.118 e. The molecule has 0 saturated heterocycles. The molecule has 0 amide bonds. The van der Waals surface area contributed by atoms with Crippen molar-refractivity contribution in [2.45, 2.75) is 12.8 Å². The molecule has 1 unspecified atom stereocenters. The molecular weight excluding hydrogens is 254 g/mol. The molecule has 0 saturated carbocycles. The zero-order valence-corrected chi connectivity index (χ0v) is 11.4. The third kappa shape index (κ3) is 2.44. The fourth-order valence-corrected chi connectivity index (χ4v) is 2.39. The van der Waals surface area contributed by atoms with Gasteiger partial charge in [-0.3, -0.25) is 0 Å². The van der Waals surface area contributed by atoms with Gasteiger partial charge >= 0.3 is 0 Å². The molecule has 1 N–H and O–H groups in total. The van der Waals surface area contributed by atoms with E-state index in [0.717, 1.165) is 35.5 Å². The third-order valence-electron chi connectivity index (χ3n) is 3.62. The molecule has 104 valence electrons. The van der Waals surface area contributed by atoms with E-state index in [1.165, 1.54) is 0 Å². The van der Waals surface area contributed by atoms with Crippen LogP contribution in [0.15, 0.2) is 36.5 Å². The molecule has 0 bridgehead atoms. The van der Waals surface area contributed by atoms with Crippen LogP contribution in [-0.4, -0.2) is 33.8 Å². The average molecular weight is 271 g/mol. The predicted molar refractivity (Wildman–Crippen MR) is 76.1 cm³/mol. The zero-order valence-electron chi connectivity index (χ0n) is 11.4. The maximum atomic E-state index is 9.17. The number of nitrogens with zero attached hydrogens (tertiary/aromatic N) is 3. The summed E-state index contributed by atoms with van der Waals surface area (Å²) in [7, 11) is 1.65. The van der Waals surface area contributed by atoms with E-state index in [4.69, 9.17) is 4.74 Å². The lowest BCUT2D eigenvalue weighted by Crippen LogP contribution is -2.03. The summed E-state index contributed by atoms with van der Waals surface area (Å²) in [6, 6.07) is 7.75. The molecular formula is C15H17N3O2. The second-order valence-corrected chi connectivity index (χ2v) is 4.96. The SMILES string of the molecule is COc1ccc(-c2cn(C3=CCC(CO)C3)nn2)cc1. The zero-order chi connectivity index (χ0) is 13.9. The van der Waals surface area contributed by atoms with Gasteiger partial charge in [-0.25, -0.2) is 4.68 Å². The van der Waals surface area contributed by atoms with Crippen LogP contribution in [-0.2, 0) is 0 Å². The number of aliphatic hydroxyl groups is 1. The molecule has 1 aliphatic carbocycles. The van der Waals surface area contributed by atoms with E-state index in [0.29, 0.717) is 5.92 Å². The van der Waals surface area contributed by atoms with Gasteiger partial charge in [0.1, 0.15) is 11.4 Å². The van der Waals surface area contributed by atoms with E-state index >= 15 is 0 Å². The fraction of sp³-hybridized carbons (Fsp3) is 0.333. The maximum Gasteiger partial charge on any atom is 0.118 e. The Kier molecular flexibility index (Phi) is 3.52. The number of hydrogen-bond acceptors (Lipinski definition) is 4. The lowest BCUT2D eigenvalue weighted by molar-refractivity contribution is 0.234. The molecule has 1 aliphatic rings. The van der Waals surface area contributed by atoms with Crippen molar-refractivity contribution in [3.05, 3.63) is 36.5 Å². The van der Waals surface area contributed by atoms with E-state index in [2.05, 4.69) is 16.4 Å². The van der Waals surface area contributed by atoms with Gasteiger partial charge in [0.15, 0.2) is 0 Å². The van der Waals surface area contributed by atoms with Crippen molar-refractivity contribution in [3.63, 3.8) is 0 Å². The van der Waals surface area contributed by atoms with Gasteiger partial charge < -0.3 is 9.84 Å². The second-order valence-electron chi connectivity index (χ2n) is 4.96. The number of benzene rings is 1. The number of allylic oxidation sites excluding steroid dienone is 2. The third-order valence-corrected chi connectivity index (χ3v) is 3.62. The molecule has 3 rings (SSSR count). The van der Waals surface area contributed by atoms with Crippen LogP contribution in [0.2, 0.25) is 0 Å². The first-order valence-corrected chi connectivity index (χ1v) is 6.67. The first kappa shape index (κ1) is 12.9. The van der Waals surface area contributed by atoms with Gasteiger partial charge in [0.05, 0.1) is 13.3 Å². The van der Waals surface area contributed by atoms with Crippen molar-refractivity contribution in [3.8, 4) is 17.0 Å². The average Bonchev–Trinajstić information content (AvgIpc) is 3.16. The van der Waals surface area contributed by atoms with Crippen molar-refractivity contribution >= 4 is 5.70 Å². The number of aromatic nitrogens is 3.